The Bertz CT molecular complexity index is 816. The second-order valence-electron chi connectivity index (χ2n) is 5.45. The van der Waals surface area contributed by atoms with Crippen LogP contribution >= 0.6 is 0 Å². The van der Waals surface area contributed by atoms with Crippen LogP contribution in [0.4, 0.5) is 0 Å². The number of methoxy groups -OCH3 is 1. The van der Waals surface area contributed by atoms with Gasteiger partial charge in [0.15, 0.2) is 11.5 Å². The molecule has 1 N–H and O–H groups in total. The molecule has 27 heavy (non-hydrogen) atoms. The Kier molecular flexibility index (Phi) is 8.18. The Balaban J connectivity index is 0.000000369. The molecule has 4 nitrogen and oxygen atoms in total. The Labute approximate surface area is 159 Å². The van der Waals surface area contributed by atoms with Crippen molar-refractivity contribution >= 4 is 12.0 Å². The highest BCUT2D eigenvalue weighted by molar-refractivity contribution is 5.89. The highest BCUT2D eigenvalue weighted by Crippen LogP contribution is 2.26. The van der Waals surface area contributed by atoms with Crippen LogP contribution in [0.2, 0.25) is 0 Å². The number of ether oxygens (including phenoxy) is 2. The lowest BCUT2D eigenvalue weighted by Gasteiger charge is -2.04. The molecule has 0 aliphatic rings. The van der Waals surface area contributed by atoms with Gasteiger partial charge in [-0.1, -0.05) is 66.7 Å². The summed E-state index contributed by atoms with van der Waals surface area (Å²) < 4.78 is 10.1. The molecule has 138 valence electrons. The van der Waals surface area contributed by atoms with E-state index >= 15 is 0 Å². The van der Waals surface area contributed by atoms with Crippen molar-refractivity contribution in [2.45, 2.75) is 0 Å². The summed E-state index contributed by atoms with van der Waals surface area (Å²) in [5.74, 6) is 0.132. The van der Waals surface area contributed by atoms with Gasteiger partial charge in [0.05, 0.1) is 12.7 Å². The summed E-state index contributed by atoms with van der Waals surface area (Å²) in [6.45, 7) is 0.177. The molecule has 0 aliphatic carbocycles. The molecular weight excluding hydrogens is 340 g/mol. The smallest absolute Gasteiger partial charge is 0.338 e. The fourth-order valence-electron chi connectivity index (χ4n) is 2.15. The van der Waals surface area contributed by atoms with Gasteiger partial charge in [0, 0.05) is 0 Å². The lowest BCUT2D eigenvalue weighted by atomic mass is 10.2. The molecule has 0 unspecified atom stereocenters. The van der Waals surface area contributed by atoms with E-state index in [1.807, 2.05) is 42.5 Å². The number of phenols is 1. The molecule has 4 heteroatoms. The average Bonchev–Trinajstić information content (AvgIpc) is 2.74. The third-order valence-electron chi connectivity index (χ3n) is 3.50. The van der Waals surface area contributed by atoms with E-state index in [9.17, 15) is 9.90 Å². The van der Waals surface area contributed by atoms with E-state index in [1.165, 1.54) is 7.11 Å². The molecule has 0 saturated carbocycles. The molecule has 3 rings (SSSR count). The molecule has 0 saturated heterocycles. The standard InChI is InChI=1S/C17H16O4.C6H6/c1-20-16-12-13(9-10-15(16)18)6-5-11-21-17(19)14-7-3-2-4-8-14;1-2-4-6-5-3-1/h2-10,12,18H,11H2,1H3;1-6H/b6-5+;. The molecule has 0 amide bonds. The Morgan fingerprint density at radius 2 is 1.52 bits per heavy atom. The van der Waals surface area contributed by atoms with Crippen molar-refractivity contribution < 1.29 is 19.4 Å². The zero-order chi connectivity index (χ0) is 19.3. The maximum Gasteiger partial charge on any atom is 0.338 e. The van der Waals surface area contributed by atoms with Crippen LogP contribution in [0.1, 0.15) is 15.9 Å². The van der Waals surface area contributed by atoms with Crippen LogP contribution in [0.5, 0.6) is 11.5 Å². The molecule has 0 spiro atoms. The number of carbonyl (C=O) groups is 1. The maximum atomic E-state index is 11.7. The topological polar surface area (TPSA) is 55.8 Å². The molecule has 0 atom stereocenters. The molecule has 0 bridgehead atoms. The minimum Gasteiger partial charge on any atom is -0.504 e. The first kappa shape index (κ1) is 19.8. The molecule has 0 aromatic heterocycles. The van der Waals surface area contributed by atoms with Crippen molar-refractivity contribution in [1.29, 1.82) is 0 Å². The average molecular weight is 362 g/mol. The van der Waals surface area contributed by atoms with Crippen molar-refractivity contribution in [2.75, 3.05) is 13.7 Å². The van der Waals surface area contributed by atoms with Crippen LogP contribution in [0.3, 0.4) is 0 Å². The summed E-state index contributed by atoms with van der Waals surface area (Å²) in [7, 11) is 1.49. The first-order valence-corrected chi connectivity index (χ1v) is 8.46. The third-order valence-corrected chi connectivity index (χ3v) is 3.50. The summed E-state index contributed by atoms with van der Waals surface area (Å²) in [4.78, 5) is 11.7. The van der Waals surface area contributed by atoms with Gasteiger partial charge in [-0.3, -0.25) is 0 Å². The Morgan fingerprint density at radius 1 is 0.926 bits per heavy atom. The van der Waals surface area contributed by atoms with Crippen molar-refractivity contribution in [3.05, 3.63) is 102 Å². The zero-order valence-corrected chi connectivity index (χ0v) is 15.1. The van der Waals surface area contributed by atoms with Gasteiger partial charge in [0.25, 0.3) is 0 Å². The van der Waals surface area contributed by atoms with E-state index in [-0.39, 0.29) is 18.3 Å². The molecule has 0 heterocycles. The van der Waals surface area contributed by atoms with Crippen LogP contribution in [-0.2, 0) is 4.74 Å². The summed E-state index contributed by atoms with van der Waals surface area (Å²) in [6.07, 6.45) is 3.52. The van der Waals surface area contributed by atoms with Gasteiger partial charge in [0.2, 0.25) is 0 Å². The van der Waals surface area contributed by atoms with Crippen molar-refractivity contribution in [1.82, 2.24) is 0 Å². The monoisotopic (exact) mass is 362 g/mol. The van der Waals surface area contributed by atoms with E-state index < -0.39 is 0 Å². The van der Waals surface area contributed by atoms with Gasteiger partial charge in [-0.25, -0.2) is 4.79 Å². The van der Waals surface area contributed by atoms with Crippen LogP contribution in [0, 0.1) is 0 Å². The van der Waals surface area contributed by atoms with E-state index in [4.69, 9.17) is 9.47 Å². The van der Waals surface area contributed by atoms with E-state index in [1.54, 1.807) is 54.6 Å². The molecule has 3 aromatic rings. The largest absolute Gasteiger partial charge is 0.504 e. The molecule has 0 radical (unpaired) electrons. The third kappa shape index (κ3) is 7.08. The fraction of sp³-hybridized carbons (Fsp3) is 0.0870. The van der Waals surface area contributed by atoms with Gasteiger partial charge in [-0.15, -0.1) is 0 Å². The molecule has 3 aromatic carbocycles. The minimum atomic E-state index is -0.358. The van der Waals surface area contributed by atoms with Gasteiger partial charge in [-0.05, 0) is 35.9 Å². The number of hydrogen-bond acceptors (Lipinski definition) is 4. The van der Waals surface area contributed by atoms with E-state index in [0.29, 0.717) is 11.3 Å². The van der Waals surface area contributed by atoms with E-state index in [2.05, 4.69) is 0 Å². The van der Waals surface area contributed by atoms with Crippen molar-refractivity contribution in [2.24, 2.45) is 0 Å². The Hall–Kier alpha value is -3.53. The number of aromatic hydroxyl groups is 1. The summed E-state index contributed by atoms with van der Waals surface area (Å²) >= 11 is 0. The van der Waals surface area contributed by atoms with Crippen LogP contribution in [-0.4, -0.2) is 24.8 Å². The van der Waals surface area contributed by atoms with E-state index in [0.717, 1.165) is 5.56 Å². The SMILES string of the molecule is COc1cc(/C=C/COC(=O)c2ccccc2)ccc1O.c1ccccc1. The van der Waals surface area contributed by atoms with Gasteiger partial charge < -0.3 is 14.6 Å². The number of carbonyl (C=O) groups excluding carboxylic acids is 1. The lowest BCUT2D eigenvalue weighted by Crippen LogP contribution is -2.04. The normalized spacial score (nSPS) is 9.96. The van der Waals surface area contributed by atoms with Gasteiger partial charge >= 0.3 is 5.97 Å². The number of esters is 1. The summed E-state index contributed by atoms with van der Waals surface area (Å²) in [6, 6.07) is 25.8. The van der Waals surface area contributed by atoms with Crippen molar-refractivity contribution in [3.8, 4) is 11.5 Å². The molecular formula is C23H22O4. The predicted octanol–water partition coefficient (Wildman–Crippen LogP) is 4.96. The van der Waals surface area contributed by atoms with Crippen LogP contribution < -0.4 is 4.74 Å². The minimum absolute atomic E-state index is 0.0881. The quantitative estimate of drug-likeness (QED) is 0.652. The molecule has 0 aliphatic heterocycles. The molecule has 0 fully saturated rings. The van der Waals surface area contributed by atoms with Gasteiger partial charge in [-0.2, -0.15) is 0 Å². The highest BCUT2D eigenvalue weighted by Gasteiger charge is 2.04. The number of rotatable bonds is 5. The second kappa shape index (κ2) is 11.2. The predicted molar refractivity (Wildman–Crippen MR) is 107 cm³/mol. The summed E-state index contributed by atoms with van der Waals surface area (Å²) in [5, 5.41) is 9.49. The van der Waals surface area contributed by atoms with Crippen LogP contribution in [0.25, 0.3) is 6.08 Å². The first-order valence-electron chi connectivity index (χ1n) is 8.46. The van der Waals surface area contributed by atoms with Crippen LogP contribution in [0.15, 0.2) is 91.0 Å². The fourth-order valence-corrected chi connectivity index (χ4v) is 2.15. The highest BCUT2D eigenvalue weighted by atomic mass is 16.5. The maximum absolute atomic E-state index is 11.7. The summed E-state index contributed by atoms with van der Waals surface area (Å²) in [5.41, 5.74) is 1.37. The lowest BCUT2D eigenvalue weighted by molar-refractivity contribution is 0.0550. The Morgan fingerprint density at radius 3 is 2.11 bits per heavy atom. The number of phenolic OH excluding ortho intramolecular Hbond substituents is 1. The number of hydrogen-bond donors (Lipinski definition) is 1. The second-order valence-corrected chi connectivity index (χ2v) is 5.45. The first-order chi connectivity index (χ1) is 13.2. The zero-order valence-electron chi connectivity index (χ0n) is 15.1. The number of benzene rings is 3. The van der Waals surface area contributed by atoms with Crippen molar-refractivity contribution in [3.63, 3.8) is 0 Å². The van der Waals surface area contributed by atoms with Gasteiger partial charge in [0.1, 0.15) is 6.61 Å².